The van der Waals surface area contributed by atoms with Crippen molar-refractivity contribution in [1.82, 2.24) is 0 Å². The number of hydrogen-bond acceptors (Lipinski definition) is 1. The Morgan fingerprint density at radius 3 is 2.45 bits per heavy atom. The van der Waals surface area contributed by atoms with E-state index in [0.29, 0.717) is 0 Å². The number of hydrogen-bond donors (Lipinski definition) is 1. The molecular weight excluding hydrogens is 312 g/mol. The van der Waals surface area contributed by atoms with Gasteiger partial charge in [-0.05, 0) is 37.0 Å². The molecule has 2 heteroatoms. The topological polar surface area (TPSA) is 20.2 Å². The number of halogens is 1. The number of aryl methyl sites for hydroxylation is 1. The molecular formula is C18H19BrO. The highest BCUT2D eigenvalue weighted by atomic mass is 79.9. The first-order valence-corrected chi connectivity index (χ1v) is 7.60. The van der Waals surface area contributed by atoms with Crippen molar-refractivity contribution < 1.29 is 5.11 Å². The van der Waals surface area contributed by atoms with Crippen LogP contribution in [0.15, 0.2) is 70.7 Å². The molecule has 0 aliphatic carbocycles. The molecule has 0 aliphatic heterocycles. The standard InChI is InChI=1S/C18H19BrO/c1-14(11-12-15-7-3-2-4-8-15)13-18(20)16-9-5-6-10-17(16)19/h2-10,13,18,20H,11-12H2,1H3/b14-13+/t18-/m0/s1. The van der Waals surface area contributed by atoms with Crippen LogP contribution in [-0.2, 0) is 6.42 Å². The van der Waals surface area contributed by atoms with Crippen LogP contribution in [0.5, 0.6) is 0 Å². The summed E-state index contributed by atoms with van der Waals surface area (Å²) >= 11 is 3.47. The van der Waals surface area contributed by atoms with E-state index in [1.807, 2.05) is 36.4 Å². The van der Waals surface area contributed by atoms with Crippen LogP contribution in [0.4, 0.5) is 0 Å². The lowest BCUT2D eigenvalue weighted by molar-refractivity contribution is 0.226. The SMILES string of the molecule is C/C(=C\[C@H](O)c1ccccc1Br)CCc1ccccc1. The molecule has 1 nitrogen and oxygen atoms in total. The zero-order valence-corrected chi connectivity index (χ0v) is 13.2. The van der Waals surface area contributed by atoms with Crippen LogP contribution in [0.1, 0.15) is 30.6 Å². The van der Waals surface area contributed by atoms with Crippen molar-refractivity contribution >= 4 is 15.9 Å². The average Bonchev–Trinajstić information content (AvgIpc) is 2.46. The van der Waals surface area contributed by atoms with Crippen molar-refractivity contribution in [1.29, 1.82) is 0 Å². The van der Waals surface area contributed by atoms with Crippen LogP contribution in [0.25, 0.3) is 0 Å². The number of aliphatic hydroxyl groups excluding tert-OH is 1. The van der Waals surface area contributed by atoms with E-state index >= 15 is 0 Å². The quantitative estimate of drug-likeness (QED) is 0.759. The molecule has 0 heterocycles. The Morgan fingerprint density at radius 1 is 1.10 bits per heavy atom. The lowest BCUT2D eigenvalue weighted by atomic mass is 10.0. The van der Waals surface area contributed by atoms with Crippen molar-refractivity contribution in [2.75, 3.05) is 0 Å². The first kappa shape index (κ1) is 15.0. The normalized spacial score (nSPS) is 13.2. The van der Waals surface area contributed by atoms with E-state index in [4.69, 9.17) is 0 Å². The van der Waals surface area contributed by atoms with E-state index in [1.54, 1.807) is 0 Å². The first-order valence-electron chi connectivity index (χ1n) is 6.80. The number of rotatable bonds is 5. The molecule has 0 spiro atoms. The Hall–Kier alpha value is -1.38. The highest BCUT2D eigenvalue weighted by molar-refractivity contribution is 9.10. The van der Waals surface area contributed by atoms with Crippen LogP contribution in [-0.4, -0.2) is 5.11 Å². The van der Waals surface area contributed by atoms with Gasteiger partial charge in [-0.2, -0.15) is 0 Å². The maximum Gasteiger partial charge on any atom is 0.0985 e. The summed E-state index contributed by atoms with van der Waals surface area (Å²) < 4.78 is 0.944. The van der Waals surface area contributed by atoms with Gasteiger partial charge in [0, 0.05) is 4.47 Å². The molecule has 20 heavy (non-hydrogen) atoms. The van der Waals surface area contributed by atoms with E-state index in [0.717, 1.165) is 22.9 Å². The third-order valence-electron chi connectivity index (χ3n) is 3.32. The minimum atomic E-state index is -0.554. The van der Waals surface area contributed by atoms with Crippen molar-refractivity contribution in [3.05, 3.63) is 81.8 Å². The summed E-state index contributed by atoms with van der Waals surface area (Å²) in [6.45, 7) is 2.07. The van der Waals surface area contributed by atoms with Gasteiger partial charge >= 0.3 is 0 Å². The Kier molecular flexibility index (Phi) is 5.57. The van der Waals surface area contributed by atoms with Crippen molar-refractivity contribution in [3.63, 3.8) is 0 Å². The first-order chi connectivity index (χ1) is 9.66. The molecule has 0 aliphatic rings. The van der Waals surface area contributed by atoms with Crippen LogP contribution < -0.4 is 0 Å². The second kappa shape index (κ2) is 7.41. The van der Waals surface area contributed by atoms with Gasteiger partial charge in [-0.3, -0.25) is 0 Å². The van der Waals surface area contributed by atoms with Gasteiger partial charge < -0.3 is 5.11 Å². The monoisotopic (exact) mass is 330 g/mol. The molecule has 104 valence electrons. The number of benzene rings is 2. The van der Waals surface area contributed by atoms with Crippen LogP contribution in [0.3, 0.4) is 0 Å². The van der Waals surface area contributed by atoms with Crippen LogP contribution >= 0.6 is 15.9 Å². The zero-order chi connectivity index (χ0) is 14.4. The second-order valence-corrected chi connectivity index (χ2v) is 5.82. The van der Waals surface area contributed by atoms with Gasteiger partial charge in [0.1, 0.15) is 0 Å². The van der Waals surface area contributed by atoms with Gasteiger partial charge in [0.15, 0.2) is 0 Å². The fourth-order valence-electron chi connectivity index (χ4n) is 2.14. The van der Waals surface area contributed by atoms with E-state index in [2.05, 4.69) is 47.1 Å². The van der Waals surface area contributed by atoms with E-state index in [9.17, 15) is 5.11 Å². The van der Waals surface area contributed by atoms with Crippen molar-refractivity contribution in [2.24, 2.45) is 0 Å². The minimum Gasteiger partial charge on any atom is -0.384 e. The zero-order valence-electron chi connectivity index (χ0n) is 11.6. The van der Waals surface area contributed by atoms with Gasteiger partial charge in [-0.1, -0.05) is 76.1 Å². The lowest BCUT2D eigenvalue weighted by Gasteiger charge is -2.10. The highest BCUT2D eigenvalue weighted by Gasteiger charge is 2.08. The molecule has 0 unspecified atom stereocenters. The smallest absolute Gasteiger partial charge is 0.0985 e. The highest BCUT2D eigenvalue weighted by Crippen LogP contribution is 2.25. The third kappa shape index (κ3) is 4.32. The van der Waals surface area contributed by atoms with E-state index in [1.165, 1.54) is 11.1 Å². The predicted molar refractivity (Wildman–Crippen MR) is 87.6 cm³/mol. The Morgan fingerprint density at radius 2 is 1.75 bits per heavy atom. The number of aliphatic hydroxyl groups is 1. The van der Waals surface area contributed by atoms with Gasteiger partial charge in [-0.25, -0.2) is 0 Å². The Bertz CT molecular complexity index is 575. The molecule has 2 aromatic rings. The molecule has 0 saturated heterocycles. The van der Waals surface area contributed by atoms with Crippen molar-refractivity contribution in [3.8, 4) is 0 Å². The van der Waals surface area contributed by atoms with Crippen LogP contribution in [0.2, 0.25) is 0 Å². The molecule has 2 rings (SSSR count). The lowest BCUT2D eigenvalue weighted by Crippen LogP contribution is -1.96. The minimum absolute atomic E-state index is 0.554. The number of allylic oxidation sites excluding steroid dienone is 1. The van der Waals surface area contributed by atoms with Gasteiger partial charge in [-0.15, -0.1) is 0 Å². The van der Waals surface area contributed by atoms with Gasteiger partial charge in [0.05, 0.1) is 6.10 Å². The molecule has 0 aromatic heterocycles. The molecule has 1 N–H and O–H groups in total. The summed E-state index contributed by atoms with van der Waals surface area (Å²) in [5, 5.41) is 10.3. The second-order valence-electron chi connectivity index (χ2n) is 4.96. The summed E-state index contributed by atoms with van der Waals surface area (Å²) in [5.41, 5.74) is 3.44. The van der Waals surface area contributed by atoms with Gasteiger partial charge in [0.25, 0.3) is 0 Å². The van der Waals surface area contributed by atoms with Gasteiger partial charge in [0.2, 0.25) is 0 Å². The summed E-state index contributed by atoms with van der Waals surface area (Å²) in [4.78, 5) is 0. The fraction of sp³-hybridized carbons (Fsp3) is 0.222. The largest absolute Gasteiger partial charge is 0.384 e. The third-order valence-corrected chi connectivity index (χ3v) is 4.04. The van der Waals surface area contributed by atoms with Crippen molar-refractivity contribution in [2.45, 2.75) is 25.9 Å². The predicted octanol–water partition coefficient (Wildman–Crippen LogP) is 5.06. The molecule has 0 radical (unpaired) electrons. The summed E-state index contributed by atoms with van der Waals surface area (Å²) in [6.07, 6.45) is 3.35. The maximum absolute atomic E-state index is 10.3. The molecule has 2 aromatic carbocycles. The average molecular weight is 331 g/mol. The molecule has 0 fully saturated rings. The molecule has 0 amide bonds. The fourth-order valence-corrected chi connectivity index (χ4v) is 2.66. The van der Waals surface area contributed by atoms with Crippen LogP contribution in [0, 0.1) is 0 Å². The Labute approximate surface area is 129 Å². The molecule has 1 atom stereocenters. The summed E-state index contributed by atoms with van der Waals surface area (Å²) in [5.74, 6) is 0. The summed E-state index contributed by atoms with van der Waals surface area (Å²) in [6, 6.07) is 18.2. The van der Waals surface area contributed by atoms with E-state index < -0.39 is 6.10 Å². The molecule has 0 bridgehead atoms. The maximum atomic E-state index is 10.3. The molecule has 0 saturated carbocycles. The summed E-state index contributed by atoms with van der Waals surface area (Å²) in [7, 11) is 0. The van der Waals surface area contributed by atoms with E-state index in [-0.39, 0.29) is 0 Å². The Balaban J connectivity index is 1.98.